The van der Waals surface area contributed by atoms with E-state index in [2.05, 4.69) is 11.8 Å². The van der Waals surface area contributed by atoms with Gasteiger partial charge in [-0.15, -0.1) is 0 Å². The molecule has 1 aliphatic carbocycles. The molecule has 2 fully saturated rings. The number of likely N-dealkylation sites (tertiary alicyclic amines) is 1. The van der Waals surface area contributed by atoms with Crippen molar-refractivity contribution in [2.45, 2.75) is 77.7 Å². The molecule has 0 aromatic carbocycles. The van der Waals surface area contributed by atoms with Crippen molar-refractivity contribution in [1.29, 1.82) is 0 Å². The van der Waals surface area contributed by atoms with Crippen molar-refractivity contribution in [2.75, 3.05) is 20.1 Å². The quantitative estimate of drug-likeness (QED) is 0.778. The lowest BCUT2D eigenvalue weighted by Crippen LogP contribution is -2.48. The van der Waals surface area contributed by atoms with Gasteiger partial charge in [0, 0.05) is 39.0 Å². The first kappa shape index (κ1) is 18.3. The van der Waals surface area contributed by atoms with Gasteiger partial charge in [0.15, 0.2) is 0 Å². The lowest BCUT2D eigenvalue weighted by Gasteiger charge is -2.39. The molecule has 0 aromatic rings. The Bertz CT molecular complexity index is 394. The second kappa shape index (κ2) is 8.70. The van der Waals surface area contributed by atoms with E-state index in [0.717, 1.165) is 44.7 Å². The molecule has 132 valence electrons. The van der Waals surface area contributed by atoms with E-state index in [9.17, 15) is 9.59 Å². The summed E-state index contributed by atoms with van der Waals surface area (Å²) in [7, 11) is 1.88. The van der Waals surface area contributed by atoms with Gasteiger partial charge in [0.1, 0.15) is 0 Å². The third-order valence-electron chi connectivity index (χ3n) is 5.98. The largest absolute Gasteiger partial charge is 0.343 e. The van der Waals surface area contributed by atoms with Crippen molar-refractivity contribution in [3.05, 3.63) is 0 Å². The minimum atomic E-state index is 0.125. The molecule has 23 heavy (non-hydrogen) atoms. The van der Waals surface area contributed by atoms with Gasteiger partial charge >= 0.3 is 0 Å². The zero-order chi connectivity index (χ0) is 16.8. The smallest absolute Gasteiger partial charge is 0.225 e. The maximum atomic E-state index is 12.7. The Balaban J connectivity index is 1.74. The van der Waals surface area contributed by atoms with Crippen LogP contribution in [0.15, 0.2) is 0 Å². The van der Waals surface area contributed by atoms with E-state index in [1.807, 2.05) is 11.9 Å². The summed E-state index contributed by atoms with van der Waals surface area (Å²) >= 11 is 0. The van der Waals surface area contributed by atoms with Crippen LogP contribution in [-0.2, 0) is 9.59 Å². The van der Waals surface area contributed by atoms with Gasteiger partial charge in [0.2, 0.25) is 11.8 Å². The Morgan fingerprint density at radius 2 is 1.65 bits per heavy atom. The average molecular weight is 322 g/mol. The van der Waals surface area contributed by atoms with Crippen LogP contribution in [0.4, 0.5) is 0 Å². The standard InChI is InChI=1S/C19H34N2O2/c1-4-5-6-16-7-9-17(10-8-16)19(23)21-13-11-18(12-14-21)20(3)15(2)22/h16-18H,4-14H2,1-3H3. The Labute approximate surface area is 141 Å². The molecule has 0 bridgehead atoms. The van der Waals surface area contributed by atoms with E-state index >= 15 is 0 Å². The van der Waals surface area contributed by atoms with E-state index in [0.29, 0.717) is 11.9 Å². The van der Waals surface area contributed by atoms with E-state index in [1.165, 1.54) is 32.1 Å². The van der Waals surface area contributed by atoms with Gasteiger partial charge in [-0.05, 0) is 44.4 Å². The van der Waals surface area contributed by atoms with Crippen LogP contribution in [0.3, 0.4) is 0 Å². The molecule has 2 aliphatic rings. The third kappa shape index (κ3) is 4.95. The summed E-state index contributed by atoms with van der Waals surface area (Å²) in [5.41, 5.74) is 0. The van der Waals surface area contributed by atoms with Gasteiger partial charge < -0.3 is 9.80 Å². The van der Waals surface area contributed by atoms with Crippen LogP contribution < -0.4 is 0 Å². The summed E-state index contributed by atoms with van der Waals surface area (Å²) in [6.45, 7) is 5.50. The van der Waals surface area contributed by atoms with Crippen LogP contribution in [0.5, 0.6) is 0 Å². The van der Waals surface area contributed by atoms with Gasteiger partial charge in [-0.3, -0.25) is 9.59 Å². The molecule has 0 spiro atoms. The van der Waals surface area contributed by atoms with Crippen molar-refractivity contribution >= 4 is 11.8 Å². The lowest BCUT2D eigenvalue weighted by molar-refractivity contribution is -0.139. The minimum absolute atomic E-state index is 0.125. The zero-order valence-electron chi connectivity index (χ0n) is 15.2. The Kier molecular flexibility index (Phi) is 6.91. The molecule has 4 heteroatoms. The molecule has 0 radical (unpaired) electrons. The number of amides is 2. The number of carbonyl (C=O) groups is 2. The fourth-order valence-corrected chi connectivity index (χ4v) is 4.18. The number of hydrogen-bond acceptors (Lipinski definition) is 2. The lowest BCUT2D eigenvalue weighted by atomic mass is 9.79. The van der Waals surface area contributed by atoms with Crippen LogP contribution in [-0.4, -0.2) is 47.8 Å². The minimum Gasteiger partial charge on any atom is -0.343 e. The van der Waals surface area contributed by atoms with E-state index in [1.54, 1.807) is 6.92 Å². The predicted octanol–water partition coefficient (Wildman–Crippen LogP) is 3.45. The van der Waals surface area contributed by atoms with Crippen LogP contribution in [0.1, 0.15) is 71.6 Å². The van der Waals surface area contributed by atoms with Crippen LogP contribution in [0.25, 0.3) is 0 Å². The highest BCUT2D eigenvalue weighted by molar-refractivity contribution is 5.79. The Hall–Kier alpha value is -1.06. The van der Waals surface area contributed by atoms with Gasteiger partial charge in [-0.2, -0.15) is 0 Å². The number of rotatable bonds is 5. The van der Waals surface area contributed by atoms with E-state index < -0.39 is 0 Å². The second-order valence-electron chi connectivity index (χ2n) is 7.55. The molecule has 2 amide bonds. The highest BCUT2D eigenvalue weighted by atomic mass is 16.2. The molecular weight excluding hydrogens is 288 g/mol. The summed E-state index contributed by atoms with van der Waals surface area (Å²) in [5.74, 6) is 1.62. The first-order valence-electron chi connectivity index (χ1n) is 9.55. The van der Waals surface area contributed by atoms with Crippen molar-refractivity contribution < 1.29 is 9.59 Å². The van der Waals surface area contributed by atoms with Crippen molar-refractivity contribution in [3.8, 4) is 0 Å². The molecule has 1 heterocycles. The number of carbonyl (C=O) groups excluding carboxylic acids is 2. The summed E-state index contributed by atoms with van der Waals surface area (Å²) in [5, 5.41) is 0. The molecule has 1 saturated heterocycles. The average Bonchev–Trinajstić information content (AvgIpc) is 2.59. The molecule has 0 aromatic heterocycles. The van der Waals surface area contributed by atoms with Crippen molar-refractivity contribution in [2.24, 2.45) is 11.8 Å². The normalized spacial score (nSPS) is 26.1. The topological polar surface area (TPSA) is 40.6 Å². The third-order valence-corrected chi connectivity index (χ3v) is 5.98. The molecule has 1 saturated carbocycles. The molecule has 2 rings (SSSR count). The van der Waals surface area contributed by atoms with Gasteiger partial charge in [-0.1, -0.05) is 26.2 Å². The monoisotopic (exact) mass is 322 g/mol. The zero-order valence-corrected chi connectivity index (χ0v) is 15.2. The SMILES string of the molecule is CCCCC1CCC(C(=O)N2CCC(N(C)C(C)=O)CC2)CC1. The van der Waals surface area contributed by atoms with Gasteiger partial charge in [-0.25, -0.2) is 0 Å². The number of unbranched alkanes of at least 4 members (excludes halogenated alkanes) is 1. The summed E-state index contributed by atoms with van der Waals surface area (Å²) in [6.07, 6.45) is 10.4. The fourth-order valence-electron chi connectivity index (χ4n) is 4.18. The number of hydrogen-bond donors (Lipinski definition) is 0. The summed E-state index contributed by atoms with van der Waals surface area (Å²) in [4.78, 5) is 28.1. The molecule has 0 atom stereocenters. The fraction of sp³-hybridized carbons (Fsp3) is 0.895. The first-order chi connectivity index (χ1) is 11.0. The van der Waals surface area contributed by atoms with Crippen LogP contribution in [0, 0.1) is 11.8 Å². The first-order valence-corrected chi connectivity index (χ1v) is 9.55. The van der Waals surface area contributed by atoms with E-state index in [-0.39, 0.29) is 11.8 Å². The number of piperidine rings is 1. The predicted molar refractivity (Wildman–Crippen MR) is 93.0 cm³/mol. The highest BCUT2D eigenvalue weighted by Gasteiger charge is 2.32. The maximum Gasteiger partial charge on any atom is 0.225 e. The molecule has 1 aliphatic heterocycles. The number of nitrogens with zero attached hydrogens (tertiary/aromatic N) is 2. The van der Waals surface area contributed by atoms with Crippen LogP contribution >= 0.6 is 0 Å². The van der Waals surface area contributed by atoms with Crippen LogP contribution in [0.2, 0.25) is 0 Å². The van der Waals surface area contributed by atoms with E-state index in [4.69, 9.17) is 0 Å². The molecule has 0 unspecified atom stereocenters. The summed E-state index contributed by atoms with van der Waals surface area (Å²) in [6, 6.07) is 0.307. The second-order valence-corrected chi connectivity index (χ2v) is 7.55. The Morgan fingerprint density at radius 3 is 2.17 bits per heavy atom. The van der Waals surface area contributed by atoms with Gasteiger partial charge in [0.05, 0.1) is 0 Å². The summed E-state index contributed by atoms with van der Waals surface area (Å²) < 4.78 is 0. The van der Waals surface area contributed by atoms with Gasteiger partial charge in [0.25, 0.3) is 0 Å². The maximum absolute atomic E-state index is 12.7. The molecular formula is C19H34N2O2. The van der Waals surface area contributed by atoms with Crippen molar-refractivity contribution in [1.82, 2.24) is 9.80 Å². The molecule has 0 N–H and O–H groups in total. The highest BCUT2D eigenvalue weighted by Crippen LogP contribution is 2.33. The molecule has 4 nitrogen and oxygen atoms in total. The van der Waals surface area contributed by atoms with Crippen molar-refractivity contribution in [3.63, 3.8) is 0 Å². The Morgan fingerprint density at radius 1 is 1.04 bits per heavy atom.